The number of aromatic nitrogens is 4. The van der Waals surface area contributed by atoms with Gasteiger partial charge in [-0.15, -0.1) is 5.10 Å². The minimum absolute atomic E-state index is 0.136. The standard InChI is InChI=1S/C19H19F4N5O/c1-2-29-16-9-13(24-18-25-17(19(21,22)23)26-28(16)18)11-27(14-7-8-14)10-12-5-3-4-6-15(12)20/h3-6,9,14H,2,7-8,10-11H2,1H3. The van der Waals surface area contributed by atoms with Crippen LogP contribution in [0.2, 0.25) is 0 Å². The van der Waals surface area contributed by atoms with Crippen LogP contribution in [0.4, 0.5) is 17.6 Å². The predicted octanol–water partition coefficient (Wildman–Crippen LogP) is 3.85. The van der Waals surface area contributed by atoms with E-state index in [9.17, 15) is 17.6 Å². The maximum atomic E-state index is 14.1. The van der Waals surface area contributed by atoms with Gasteiger partial charge in [0.15, 0.2) is 0 Å². The normalized spacial score (nSPS) is 14.7. The first-order chi connectivity index (χ1) is 13.8. The van der Waals surface area contributed by atoms with E-state index in [-0.39, 0.29) is 30.1 Å². The summed E-state index contributed by atoms with van der Waals surface area (Å²) in [6.07, 6.45) is -2.71. The quantitative estimate of drug-likeness (QED) is 0.555. The molecule has 0 N–H and O–H groups in total. The van der Waals surface area contributed by atoms with E-state index in [1.807, 2.05) is 0 Å². The van der Waals surface area contributed by atoms with Crippen LogP contribution in [0.15, 0.2) is 30.3 Å². The fraction of sp³-hybridized carbons (Fsp3) is 0.421. The van der Waals surface area contributed by atoms with E-state index in [0.717, 1.165) is 17.4 Å². The van der Waals surface area contributed by atoms with E-state index < -0.39 is 12.0 Å². The molecule has 0 aliphatic heterocycles. The average molecular weight is 409 g/mol. The Hall–Kier alpha value is -2.75. The highest BCUT2D eigenvalue weighted by atomic mass is 19.4. The minimum atomic E-state index is -4.68. The molecule has 2 heterocycles. The van der Waals surface area contributed by atoms with Gasteiger partial charge >= 0.3 is 6.18 Å². The van der Waals surface area contributed by atoms with Gasteiger partial charge in [0.1, 0.15) is 5.82 Å². The molecule has 0 amide bonds. The number of fused-ring (bicyclic) bond motifs is 1. The Balaban J connectivity index is 1.65. The molecule has 0 unspecified atom stereocenters. The summed E-state index contributed by atoms with van der Waals surface area (Å²) in [5.74, 6) is -1.60. The fourth-order valence-electron chi connectivity index (χ4n) is 3.15. The van der Waals surface area contributed by atoms with Crippen molar-refractivity contribution in [1.82, 2.24) is 24.5 Å². The zero-order chi connectivity index (χ0) is 20.6. The second kappa shape index (κ2) is 7.58. The number of ether oxygens (including phenoxy) is 1. The van der Waals surface area contributed by atoms with Gasteiger partial charge in [-0.3, -0.25) is 4.90 Å². The van der Waals surface area contributed by atoms with E-state index in [2.05, 4.69) is 20.0 Å². The smallest absolute Gasteiger partial charge is 0.453 e. The van der Waals surface area contributed by atoms with Gasteiger partial charge in [0.05, 0.1) is 12.3 Å². The van der Waals surface area contributed by atoms with Crippen molar-refractivity contribution in [3.05, 3.63) is 53.2 Å². The van der Waals surface area contributed by atoms with Gasteiger partial charge in [-0.2, -0.15) is 22.7 Å². The highest BCUT2D eigenvalue weighted by molar-refractivity contribution is 5.35. The van der Waals surface area contributed by atoms with E-state index in [0.29, 0.717) is 24.3 Å². The average Bonchev–Trinajstić information content (AvgIpc) is 3.41. The third-order valence-corrected chi connectivity index (χ3v) is 4.64. The highest BCUT2D eigenvalue weighted by Gasteiger charge is 2.37. The van der Waals surface area contributed by atoms with Gasteiger partial charge in [-0.1, -0.05) is 18.2 Å². The molecule has 1 saturated carbocycles. The van der Waals surface area contributed by atoms with Crippen LogP contribution in [-0.4, -0.2) is 37.1 Å². The maximum Gasteiger partial charge on any atom is 0.453 e. The van der Waals surface area contributed by atoms with E-state index >= 15 is 0 Å². The van der Waals surface area contributed by atoms with Gasteiger partial charge in [0, 0.05) is 30.8 Å². The maximum absolute atomic E-state index is 14.1. The summed E-state index contributed by atoms with van der Waals surface area (Å²) in [5.41, 5.74) is 1.05. The molecule has 1 aromatic carbocycles. The molecule has 29 heavy (non-hydrogen) atoms. The number of hydrogen-bond acceptors (Lipinski definition) is 5. The first kappa shape index (κ1) is 19.6. The molecule has 10 heteroatoms. The van der Waals surface area contributed by atoms with Crippen LogP contribution >= 0.6 is 0 Å². The highest BCUT2D eigenvalue weighted by Crippen LogP contribution is 2.31. The lowest BCUT2D eigenvalue weighted by atomic mass is 10.2. The molecule has 6 nitrogen and oxygen atoms in total. The lowest BCUT2D eigenvalue weighted by Gasteiger charge is -2.22. The number of rotatable bonds is 7. The third kappa shape index (κ3) is 4.31. The van der Waals surface area contributed by atoms with Gasteiger partial charge in [-0.05, 0) is 25.8 Å². The molecule has 4 rings (SSSR count). The second-order valence-electron chi connectivity index (χ2n) is 6.89. The Bertz CT molecular complexity index is 1020. The first-order valence-corrected chi connectivity index (χ1v) is 9.29. The molecule has 1 fully saturated rings. The Kier molecular flexibility index (Phi) is 5.12. The van der Waals surface area contributed by atoms with Crippen LogP contribution in [0.1, 0.15) is 36.8 Å². The van der Waals surface area contributed by atoms with E-state index in [1.54, 1.807) is 31.2 Å². The minimum Gasteiger partial charge on any atom is -0.478 e. The van der Waals surface area contributed by atoms with Crippen molar-refractivity contribution in [2.24, 2.45) is 0 Å². The molecule has 0 radical (unpaired) electrons. The molecule has 0 saturated heterocycles. The van der Waals surface area contributed by atoms with Gasteiger partial charge in [0.2, 0.25) is 5.88 Å². The van der Waals surface area contributed by atoms with Crippen molar-refractivity contribution in [3.63, 3.8) is 0 Å². The Morgan fingerprint density at radius 2 is 1.93 bits per heavy atom. The van der Waals surface area contributed by atoms with Crippen molar-refractivity contribution in [1.29, 1.82) is 0 Å². The summed E-state index contributed by atoms with van der Waals surface area (Å²) >= 11 is 0. The van der Waals surface area contributed by atoms with Crippen molar-refractivity contribution in [2.75, 3.05) is 6.61 Å². The summed E-state index contributed by atoms with van der Waals surface area (Å²) in [4.78, 5) is 9.81. The Morgan fingerprint density at radius 1 is 1.17 bits per heavy atom. The van der Waals surface area contributed by atoms with Crippen LogP contribution in [-0.2, 0) is 19.3 Å². The largest absolute Gasteiger partial charge is 0.478 e. The molecular formula is C19H19F4N5O. The SMILES string of the molecule is CCOc1cc(CN(Cc2ccccc2F)C2CC2)nc2nc(C(F)(F)F)nn12. The molecule has 0 bridgehead atoms. The van der Waals surface area contributed by atoms with Crippen LogP contribution < -0.4 is 4.74 Å². The zero-order valence-corrected chi connectivity index (χ0v) is 15.7. The number of alkyl halides is 3. The molecule has 1 aliphatic carbocycles. The summed E-state index contributed by atoms with van der Waals surface area (Å²) in [6.45, 7) is 2.70. The molecule has 0 spiro atoms. The van der Waals surface area contributed by atoms with Gasteiger partial charge in [0.25, 0.3) is 11.6 Å². The molecule has 1 aliphatic rings. The van der Waals surface area contributed by atoms with Crippen molar-refractivity contribution < 1.29 is 22.3 Å². The van der Waals surface area contributed by atoms with Crippen molar-refractivity contribution in [3.8, 4) is 5.88 Å². The Labute approximate surface area is 164 Å². The third-order valence-electron chi connectivity index (χ3n) is 4.64. The lowest BCUT2D eigenvalue weighted by Crippen LogP contribution is -2.26. The summed E-state index contributed by atoms with van der Waals surface area (Å²) in [7, 11) is 0. The monoisotopic (exact) mass is 409 g/mol. The lowest BCUT2D eigenvalue weighted by molar-refractivity contribution is -0.144. The van der Waals surface area contributed by atoms with E-state index in [1.165, 1.54) is 6.07 Å². The molecule has 154 valence electrons. The number of nitrogens with zero attached hydrogens (tertiary/aromatic N) is 5. The number of halogens is 4. The van der Waals surface area contributed by atoms with Crippen molar-refractivity contribution >= 4 is 5.78 Å². The molecular weight excluding hydrogens is 390 g/mol. The predicted molar refractivity (Wildman–Crippen MR) is 95.6 cm³/mol. The van der Waals surface area contributed by atoms with Crippen LogP contribution in [0.5, 0.6) is 5.88 Å². The van der Waals surface area contributed by atoms with Crippen LogP contribution in [0, 0.1) is 5.82 Å². The topological polar surface area (TPSA) is 55.5 Å². The number of benzene rings is 1. The summed E-state index contributed by atoms with van der Waals surface area (Å²) < 4.78 is 59.5. The van der Waals surface area contributed by atoms with Gasteiger partial charge in [-0.25, -0.2) is 9.37 Å². The molecule has 0 atom stereocenters. The first-order valence-electron chi connectivity index (χ1n) is 9.29. The molecule has 3 aromatic rings. The fourth-order valence-corrected chi connectivity index (χ4v) is 3.15. The summed E-state index contributed by atoms with van der Waals surface area (Å²) in [5, 5.41) is 3.48. The number of hydrogen-bond donors (Lipinski definition) is 0. The van der Waals surface area contributed by atoms with Crippen molar-refractivity contribution in [2.45, 2.75) is 45.1 Å². The summed E-state index contributed by atoms with van der Waals surface area (Å²) in [6, 6.07) is 8.38. The van der Waals surface area contributed by atoms with Crippen LogP contribution in [0.25, 0.3) is 5.78 Å². The molecule has 2 aromatic heterocycles. The second-order valence-corrected chi connectivity index (χ2v) is 6.89. The Morgan fingerprint density at radius 3 is 2.59 bits per heavy atom. The zero-order valence-electron chi connectivity index (χ0n) is 15.7. The van der Waals surface area contributed by atoms with E-state index in [4.69, 9.17) is 4.74 Å². The van der Waals surface area contributed by atoms with Crippen LogP contribution in [0.3, 0.4) is 0 Å². The van der Waals surface area contributed by atoms with Gasteiger partial charge < -0.3 is 4.74 Å².